The van der Waals surface area contributed by atoms with Gasteiger partial charge in [0.1, 0.15) is 6.54 Å². The molecule has 1 amide bonds. The van der Waals surface area contributed by atoms with E-state index >= 15 is 0 Å². The van der Waals surface area contributed by atoms with Gasteiger partial charge >= 0.3 is 0 Å². The maximum atomic E-state index is 12.3. The molecule has 2 saturated heterocycles. The fourth-order valence-corrected chi connectivity index (χ4v) is 4.01. The maximum absolute atomic E-state index is 12.3. The van der Waals surface area contributed by atoms with Crippen LogP contribution in [-0.4, -0.2) is 53.8 Å². The topological polar surface area (TPSA) is 46.5 Å². The van der Waals surface area contributed by atoms with Crippen LogP contribution in [-0.2, 0) is 16.1 Å². The van der Waals surface area contributed by atoms with Crippen molar-refractivity contribution in [3.05, 3.63) is 36.0 Å². The Bertz CT molecular complexity index is 739. The van der Waals surface area contributed by atoms with E-state index in [-0.39, 0.29) is 12.0 Å². The van der Waals surface area contributed by atoms with Crippen LogP contribution in [0.3, 0.4) is 0 Å². The molecule has 1 aromatic heterocycles. The third-order valence-corrected chi connectivity index (χ3v) is 5.29. The summed E-state index contributed by atoms with van der Waals surface area (Å²) >= 11 is 0. The molecule has 5 nitrogen and oxygen atoms in total. The third kappa shape index (κ3) is 3.06. The Morgan fingerprint density at radius 3 is 3.17 bits per heavy atom. The number of hydrogen-bond acceptors (Lipinski definition) is 3. The first-order chi connectivity index (χ1) is 11.7. The second kappa shape index (κ2) is 6.57. The predicted octanol–water partition coefficient (Wildman–Crippen LogP) is 1.93. The molecule has 0 unspecified atom stereocenters. The fraction of sp³-hybridized carbons (Fsp3) is 0.526. The first-order valence-electron chi connectivity index (χ1n) is 8.87. The van der Waals surface area contributed by atoms with Crippen LogP contribution in [0.2, 0.25) is 0 Å². The van der Waals surface area contributed by atoms with Crippen molar-refractivity contribution < 1.29 is 9.53 Å². The third-order valence-electron chi connectivity index (χ3n) is 5.29. The van der Waals surface area contributed by atoms with Gasteiger partial charge in [-0.25, -0.2) is 0 Å². The van der Waals surface area contributed by atoms with Gasteiger partial charge in [-0.15, -0.1) is 0 Å². The number of fused-ring (bicyclic) bond motifs is 2. The van der Waals surface area contributed by atoms with Crippen molar-refractivity contribution in [2.75, 3.05) is 26.2 Å². The average molecular weight is 327 g/mol. The van der Waals surface area contributed by atoms with Gasteiger partial charge in [-0.05, 0) is 37.9 Å². The molecule has 0 aliphatic carbocycles. The van der Waals surface area contributed by atoms with Crippen molar-refractivity contribution in [1.82, 2.24) is 14.8 Å². The molecule has 24 heavy (non-hydrogen) atoms. The lowest BCUT2D eigenvalue weighted by Gasteiger charge is -2.35. The summed E-state index contributed by atoms with van der Waals surface area (Å²) < 4.78 is 7.93. The quantitative estimate of drug-likeness (QED) is 0.933. The molecule has 2 fully saturated rings. The molecule has 128 valence electrons. The van der Waals surface area contributed by atoms with Crippen molar-refractivity contribution in [1.29, 1.82) is 0 Å². The van der Waals surface area contributed by atoms with Crippen molar-refractivity contribution in [2.45, 2.75) is 38.5 Å². The monoisotopic (exact) mass is 327 g/mol. The van der Waals surface area contributed by atoms with Gasteiger partial charge < -0.3 is 14.6 Å². The Hall–Kier alpha value is -1.85. The molecule has 4 rings (SSSR count). The minimum Gasteiger partial charge on any atom is -0.373 e. The number of carbonyl (C=O) groups is 1. The van der Waals surface area contributed by atoms with Gasteiger partial charge in [0.25, 0.3) is 0 Å². The van der Waals surface area contributed by atoms with Gasteiger partial charge in [0, 0.05) is 36.2 Å². The fourth-order valence-electron chi connectivity index (χ4n) is 4.01. The maximum Gasteiger partial charge on any atom is 0.240 e. The number of rotatable bonds is 4. The first kappa shape index (κ1) is 15.7. The Morgan fingerprint density at radius 2 is 2.25 bits per heavy atom. The molecule has 0 spiro atoms. The van der Waals surface area contributed by atoms with Crippen molar-refractivity contribution in [3.8, 4) is 0 Å². The molecular formula is C19H25N3O2. The van der Waals surface area contributed by atoms with Gasteiger partial charge in [-0.2, -0.15) is 0 Å². The minimum atomic E-state index is 0.0444. The number of morpholine rings is 1. The lowest BCUT2D eigenvalue weighted by atomic mass is 10.2. The molecule has 0 radical (unpaired) electrons. The van der Waals surface area contributed by atoms with Gasteiger partial charge in [0.15, 0.2) is 0 Å². The molecular weight excluding hydrogens is 302 g/mol. The van der Waals surface area contributed by atoms with E-state index in [1.165, 1.54) is 30.3 Å². The summed E-state index contributed by atoms with van der Waals surface area (Å²) in [5.74, 6) is 0.0444. The number of carbonyl (C=O) groups excluding carboxylic acids is 1. The molecule has 3 heterocycles. The van der Waals surface area contributed by atoms with E-state index in [0.29, 0.717) is 19.1 Å². The summed E-state index contributed by atoms with van der Waals surface area (Å²) in [5, 5.41) is 4.25. The number of hydrogen-bond donors (Lipinski definition) is 1. The highest BCUT2D eigenvalue weighted by Gasteiger charge is 2.32. The summed E-state index contributed by atoms with van der Waals surface area (Å²) in [6.45, 7) is 5.96. The zero-order chi connectivity index (χ0) is 16.5. The standard InChI is InChI=1S/C19H25N3O2/c1-14-10-22(18-7-3-2-6-17(14)18)12-19(23)20-9-16-11-21-8-4-5-15(21)13-24-16/h2-3,6-7,10,15-16H,4-5,8-9,11-13H2,1H3,(H,20,23)/t15-,16+/m0/s1. The summed E-state index contributed by atoms with van der Waals surface area (Å²) in [6, 6.07) is 8.81. The summed E-state index contributed by atoms with van der Waals surface area (Å²) in [5.41, 5.74) is 2.31. The van der Waals surface area contributed by atoms with Crippen LogP contribution in [0.5, 0.6) is 0 Å². The summed E-state index contributed by atoms with van der Waals surface area (Å²) in [4.78, 5) is 14.8. The smallest absolute Gasteiger partial charge is 0.240 e. The Balaban J connectivity index is 1.33. The van der Waals surface area contributed by atoms with Gasteiger partial charge in [-0.1, -0.05) is 18.2 Å². The van der Waals surface area contributed by atoms with Crippen molar-refractivity contribution in [3.63, 3.8) is 0 Å². The van der Waals surface area contributed by atoms with E-state index in [1.54, 1.807) is 0 Å². The van der Waals surface area contributed by atoms with E-state index in [4.69, 9.17) is 4.74 Å². The average Bonchev–Trinajstić information content (AvgIpc) is 3.18. The highest BCUT2D eigenvalue weighted by molar-refractivity contribution is 5.85. The lowest BCUT2D eigenvalue weighted by molar-refractivity contribution is -0.123. The SMILES string of the molecule is Cc1cn(CC(=O)NC[C@@H]2CN3CCC[C@H]3CO2)c2ccccc12. The number of nitrogens with zero attached hydrogens (tertiary/aromatic N) is 2. The van der Waals surface area contributed by atoms with Gasteiger partial charge in [0.2, 0.25) is 5.91 Å². The molecule has 2 aliphatic rings. The number of aromatic nitrogens is 1. The van der Waals surface area contributed by atoms with Crippen molar-refractivity contribution in [2.24, 2.45) is 0 Å². The van der Waals surface area contributed by atoms with Crippen LogP contribution in [0, 0.1) is 6.92 Å². The number of para-hydroxylation sites is 1. The first-order valence-corrected chi connectivity index (χ1v) is 8.87. The normalized spacial score (nSPS) is 24.2. The van der Waals surface area contributed by atoms with E-state index in [1.807, 2.05) is 16.7 Å². The van der Waals surface area contributed by atoms with E-state index < -0.39 is 0 Å². The lowest BCUT2D eigenvalue weighted by Crippen LogP contribution is -2.50. The number of ether oxygens (including phenoxy) is 1. The predicted molar refractivity (Wildman–Crippen MR) is 94.0 cm³/mol. The minimum absolute atomic E-state index is 0.0444. The summed E-state index contributed by atoms with van der Waals surface area (Å²) in [7, 11) is 0. The van der Waals surface area contributed by atoms with Crippen molar-refractivity contribution >= 4 is 16.8 Å². The highest BCUT2D eigenvalue weighted by atomic mass is 16.5. The zero-order valence-corrected chi connectivity index (χ0v) is 14.2. The molecule has 1 aromatic carbocycles. The van der Waals surface area contributed by atoms with Crippen LogP contribution in [0.25, 0.3) is 10.9 Å². The Kier molecular flexibility index (Phi) is 4.29. The van der Waals surface area contributed by atoms with Crippen LogP contribution >= 0.6 is 0 Å². The molecule has 2 aliphatic heterocycles. The van der Waals surface area contributed by atoms with Crippen LogP contribution in [0.4, 0.5) is 0 Å². The molecule has 2 aromatic rings. The molecule has 5 heteroatoms. The number of nitrogens with one attached hydrogen (secondary N) is 1. The molecule has 1 N–H and O–H groups in total. The van der Waals surface area contributed by atoms with Crippen LogP contribution in [0.1, 0.15) is 18.4 Å². The summed E-state index contributed by atoms with van der Waals surface area (Å²) in [6.07, 6.45) is 4.69. The second-order valence-corrected chi connectivity index (χ2v) is 7.01. The Labute approximate surface area is 142 Å². The van der Waals surface area contributed by atoms with E-state index in [0.717, 1.165) is 18.7 Å². The zero-order valence-electron chi connectivity index (χ0n) is 14.2. The van der Waals surface area contributed by atoms with E-state index in [2.05, 4.69) is 35.5 Å². The largest absolute Gasteiger partial charge is 0.373 e. The highest BCUT2D eigenvalue weighted by Crippen LogP contribution is 2.22. The number of aryl methyl sites for hydroxylation is 1. The van der Waals surface area contributed by atoms with Crippen LogP contribution in [0.15, 0.2) is 30.5 Å². The van der Waals surface area contributed by atoms with Crippen LogP contribution < -0.4 is 5.32 Å². The van der Waals surface area contributed by atoms with Gasteiger partial charge in [-0.3, -0.25) is 9.69 Å². The Morgan fingerprint density at radius 1 is 1.38 bits per heavy atom. The molecule has 0 saturated carbocycles. The molecule has 2 atom stereocenters. The second-order valence-electron chi connectivity index (χ2n) is 7.01. The van der Waals surface area contributed by atoms with E-state index in [9.17, 15) is 4.79 Å². The number of amides is 1. The number of benzene rings is 1. The molecule has 0 bridgehead atoms. The van der Waals surface area contributed by atoms with Gasteiger partial charge in [0.05, 0.1) is 12.7 Å².